The van der Waals surface area contributed by atoms with Gasteiger partial charge in [0.05, 0.1) is 0 Å². The Morgan fingerprint density at radius 3 is 2.50 bits per heavy atom. The molecule has 1 saturated carbocycles. The lowest BCUT2D eigenvalue weighted by Crippen LogP contribution is -1.92. The van der Waals surface area contributed by atoms with Gasteiger partial charge in [0.1, 0.15) is 0 Å². The summed E-state index contributed by atoms with van der Waals surface area (Å²) in [7, 11) is 0. The second kappa shape index (κ2) is 6.17. The van der Waals surface area contributed by atoms with E-state index >= 15 is 0 Å². The molecule has 1 aromatic rings. The predicted molar refractivity (Wildman–Crippen MR) is 76.1 cm³/mol. The summed E-state index contributed by atoms with van der Waals surface area (Å²) in [6.07, 6.45) is 8.22. The third-order valence-corrected chi connectivity index (χ3v) is 4.10. The topological polar surface area (TPSA) is 17.1 Å². The Morgan fingerprint density at radius 1 is 1.17 bits per heavy atom. The predicted octanol–water partition coefficient (Wildman–Crippen LogP) is 4.96. The fourth-order valence-corrected chi connectivity index (χ4v) is 2.77. The molecule has 1 aromatic carbocycles. The molecule has 2 atom stereocenters. The molecule has 0 aromatic heterocycles. The van der Waals surface area contributed by atoms with Crippen molar-refractivity contribution in [3.05, 3.63) is 35.4 Å². The number of carbonyl (C=O) groups excluding carboxylic acids is 1. The van der Waals surface area contributed by atoms with Crippen LogP contribution in [0.4, 0.5) is 0 Å². The molecule has 0 heterocycles. The zero-order valence-electron chi connectivity index (χ0n) is 11.6. The van der Waals surface area contributed by atoms with Crippen molar-refractivity contribution in [1.82, 2.24) is 0 Å². The summed E-state index contributed by atoms with van der Waals surface area (Å²) < 4.78 is 0. The number of ketones is 1. The minimum Gasteiger partial charge on any atom is -0.295 e. The van der Waals surface area contributed by atoms with Gasteiger partial charge in [-0.05, 0) is 37.2 Å². The van der Waals surface area contributed by atoms with Crippen LogP contribution in [0.25, 0.3) is 0 Å². The van der Waals surface area contributed by atoms with Crippen LogP contribution >= 0.6 is 0 Å². The average Bonchev–Trinajstić information content (AvgIpc) is 3.14. The first kappa shape index (κ1) is 13.3. The first-order chi connectivity index (χ1) is 8.72. The van der Waals surface area contributed by atoms with Gasteiger partial charge in [-0.25, -0.2) is 0 Å². The van der Waals surface area contributed by atoms with Crippen molar-refractivity contribution in [3.8, 4) is 0 Å². The van der Waals surface area contributed by atoms with Crippen molar-refractivity contribution < 1.29 is 4.79 Å². The Labute approximate surface area is 111 Å². The highest BCUT2D eigenvalue weighted by atomic mass is 16.1. The van der Waals surface area contributed by atoms with Crippen LogP contribution in [0.15, 0.2) is 24.3 Å². The average molecular weight is 244 g/mol. The fraction of sp³-hybridized carbons (Fsp3) is 0.588. The van der Waals surface area contributed by atoms with E-state index in [-0.39, 0.29) is 5.78 Å². The van der Waals surface area contributed by atoms with Crippen LogP contribution in [0.3, 0.4) is 0 Å². The van der Waals surface area contributed by atoms with Crippen LogP contribution < -0.4 is 0 Å². The van der Waals surface area contributed by atoms with E-state index < -0.39 is 0 Å². The molecule has 98 valence electrons. The molecule has 0 aliphatic heterocycles. The maximum absolute atomic E-state index is 11.2. The molecule has 1 heteroatoms. The van der Waals surface area contributed by atoms with Gasteiger partial charge in [0.25, 0.3) is 0 Å². The molecule has 1 aliphatic carbocycles. The van der Waals surface area contributed by atoms with E-state index in [1.807, 2.05) is 12.1 Å². The monoisotopic (exact) mass is 244 g/mol. The molecule has 0 amide bonds. The molecule has 2 rings (SSSR count). The summed E-state index contributed by atoms with van der Waals surface area (Å²) >= 11 is 0. The summed E-state index contributed by atoms with van der Waals surface area (Å²) in [6.45, 7) is 3.89. The Balaban J connectivity index is 1.78. The minimum atomic E-state index is 0.161. The van der Waals surface area contributed by atoms with Crippen molar-refractivity contribution in [2.45, 2.75) is 58.3 Å². The van der Waals surface area contributed by atoms with E-state index in [0.717, 1.165) is 17.4 Å². The van der Waals surface area contributed by atoms with E-state index in [1.54, 1.807) is 6.92 Å². The number of hydrogen-bond donors (Lipinski definition) is 0. The first-order valence-corrected chi connectivity index (χ1v) is 7.33. The molecule has 0 unspecified atom stereocenters. The van der Waals surface area contributed by atoms with Crippen LogP contribution in [0, 0.1) is 5.92 Å². The number of benzene rings is 1. The smallest absolute Gasteiger partial charge is 0.159 e. The van der Waals surface area contributed by atoms with E-state index in [1.165, 1.54) is 44.1 Å². The lowest BCUT2D eigenvalue weighted by Gasteiger charge is -2.02. The number of rotatable bonds is 7. The van der Waals surface area contributed by atoms with E-state index in [0.29, 0.717) is 0 Å². The van der Waals surface area contributed by atoms with E-state index in [9.17, 15) is 4.79 Å². The van der Waals surface area contributed by atoms with Crippen molar-refractivity contribution in [2.75, 3.05) is 0 Å². The molecular weight excluding hydrogens is 220 g/mol. The van der Waals surface area contributed by atoms with Gasteiger partial charge >= 0.3 is 0 Å². The van der Waals surface area contributed by atoms with Gasteiger partial charge in [-0.15, -0.1) is 0 Å². The van der Waals surface area contributed by atoms with E-state index in [4.69, 9.17) is 0 Å². The van der Waals surface area contributed by atoms with Gasteiger partial charge in [-0.2, -0.15) is 0 Å². The first-order valence-electron chi connectivity index (χ1n) is 7.33. The van der Waals surface area contributed by atoms with Gasteiger partial charge < -0.3 is 0 Å². The third kappa shape index (κ3) is 3.44. The molecule has 0 N–H and O–H groups in total. The van der Waals surface area contributed by atoms with E-state index in [2.05, 4.69) is 19.1 Å². The number of carbonyl (C=O) groups is 1. The lowest BCUT2D eigenvalue weighted by molar-refractivity contribution is 0.101. The molecule has 0 saturated heterocycles. The highest BCUT2D eigenvalue weighted by molar-refractivity contribution is 5.94. The quantitative estimate of drug-likeness (QED) is 0.489. The lowest BCUT2D eigenvalue weighted by atomic mass is 10.0. The van der Waals surface area contributed by atoms with Gasteiger partial charge in [-0.1, -0.05) is 56.9 Å². The zero-order valence-corrected chi connectivity index (χ0v) is 11.6. The maximum Gasteiger partial charge on any atom is 0.159 e. The van der Waals surface area contributed by atoms with Crippen molar-refractivity contribution in [1.29, 1.82) is 0 Å². The normalized spacial score (nSPS) is 21.9. The largest absolute Gasteiger partial charge is 0.295 e. The Kier molecular flexibility index (Phi) is 4.57. The van der Waals surface area contributed by atoms with Crippen LogP contribution in [-0.2, 0) is 0 Å². The van der Waals surface area contributed by atoms with Gasteiger partial charge in [-0.3, -0.25) is 4.79 Å². The van der Waals surface area contributed by atoms with Crippen LogP contribution in [0.5, 0.6) is 0 Å². The Morgan fingerprint density at radius 2 is 1.89 bits per heavy atom. The Bertz CT molecular complexity index is 391. The van der Waals surface area contributed by atoms with Crippen molar-refractivity contribution >= 4 is 5.78 Å². The maximum atomic E-state index is 11.2. The molecule has 1 nitrogen and oxygen atoms in total. The highest BCUT2D eigenvalue weighted by Crippen LogP contribution is 2.50. The third-order valence-electron chi connectivity index (χ3n) is 4.10. The molecular formula is C17H24O. The summed E-state index contributed by atoms with van der Waals surface area (Å²) in [4.78, 5) is 11.2. The summed E-state index contributed by atoms with van der Waals surface area (Å²) in [6, 6.07) is 8.25. The summed E-state index contributed by atoms with van der Waals surface area (Å²) in [5, 5.41) is 0. The molecule has 0 spiro atoms. The molecule has 1 fully saturated rings. The van der Waals surface area contributed by atoms with Gasteiger partial charge in [0.2, 0.25) is 0 Å². The molecule has 0 radical (unpaired) electrons. The zero-order chi connectivity index (χ0) is 13.0. The summed E-state index contributed by atoms with van der Waals surface area (Å²) in [5.74, 6) is 1.84. The SMILES string of the molecule is CCCCCC[C@@H]1C[C@H]1c1ccc(C(C)=O)cc1. The van der Waals surface area contributed by atoms with Gasteiger partial charge in [0, 0.05) is 5.56 Å². The molecule has 18 heavy (non-hydrogen) atoms. The van der Waals surface area contributed by atoms with Crippen LogP contribution in [0.1, 0.15) is 74.2 Å². The minimum absolute atomic E-state index is 0.161. The fourth-order valence-electron chi connectivity index (χ4n) is 2.77. The van der Waals surface area contributed by atoms with Crippen molar-refractivity contribution in [2.24, 2.45) is 5.92 Å². The second-order valence-corrected chi connectivity index (χ2v) is 5.63. The second-order valence-electron chi connectivity index (χ2n) is 5.63. The molecule has 0 bridgehead atoms. The molecule has 1 aliphatic rings. The number of unbranched alkanes of at least 4 members (excludes halogenated alkanes) is 3. The van der Waals surface area contributed by atoms with Crippen LogP contribution in [-0.4, -0.2) is 5.78 Å². The number of Topliss-reactive ketones (excluding diaryl/α,β-unsaturated/α-hetero) is 1. The standard InChI is InChI=1S/C17H24O/c1-3-4-5-6-7-16-12-17(16)15-10-8-14(9-11-15)13(2)18/h8-11,16-17H,3-7,12H2,1-2H3/t16-,17+/m1/s1. The van der Waals surface area contributed by atoms with Crippen molar-refractivity contribution in [3.63, 3.8) is 0 Å². The highest BCUT2D eigenvalue weighted by Gasteiger charge is 2.37. The summed E-state index contributed by atoms with van der Waals surface area (Å²) in [5.41, 5.74) is 2.26. The number of hydrogen-bond acceptors (Lipinski definition) is 1. The Hall–Kier alpha value is -1.11. The van der Waals surface area contributed by atoms with Gasteiger partial charge in [0.15, 0.2) is 5.78 Å². The van der Waals surface area contributed by atoms with Crippen LogP contribution in [0.2, 0.25) is 0 Å².